The van der Waals surface area contributed by atoms with Gasteiger partial charge in [0.1, 0.15) is 5.75 Å². The van der Waals surface area contributed by atoms with Crippen LogP contribution in [0.2, 0.25) is 0 Å². The fourth-order valence-corrected chi connectivity index (χ4v) is 3.11. The minimum Gasteiger partial charge on any atom is -0.497 e. The molecule has 0 radical (unpaired) electrons. The van der Waals surface area contributed by atoms with Crippen molar-refractivity contribution in [3.8, 4) is 5.75 Å². The Bertz CT molecular complexity index is 608. The van der Waals surface area contributed by atoms with Gasteiger partial charge >= 0.3 is 0 Å². The summed E-state index contributed by atoms with van der Waals surface area (Å²) in [7, 11) is 3.76. The van der Waals surface area contributed by atoms with E-state index in [-0.39, 0.29) is 18.4 Å². The molecular weight excluding hydrogens is 336 g/mol. The maximum absolute atomic E-state index is 5.37. The second kappa shape index (κ2) is 8.54. The first-order valence-electron chi connectivity index (χ1n) is 7.26. The maximum atomic E-state index is 5.37. The van der Waals surface area contributed by atoms with Gasteiger partial charge in [-0.25, -0.2) is 0 Å². The van der Waals surface area contributed by atoms with Gasteiger partial charge in [0.05, 0.1) is 18.9 Å². The smallest absolute Gasteiger partial charge is 0.237 e. The summed E-state index contributed by atoms with van der Waals surface area (Å²) >= 11 is 1.67. The second-order valence-electron chi connectivity index (χ2n) is 5.21. The molecule has 1 saturated heterocycles. The van der Waals surface area contributed by atoms with Crippen LogP contribution < -0.4 is 10.1 Å². The van der Waals surface area contributed by atoms with E-state index in [2.05, 4.69) is 27.4 Å². The lowest BCUT2D eigenvalue weighted by Crippen LogP contribution is -2.44. The summed E-state index contributed by atoms with van der Waals surface area (Å²) in [4.78, 5) is 7.93. The Balaban J connectivity index is 0.00000192. The highest BCUT2D eigenvalue weighted by molar-refractivity contribution is 7.98. The lowest BCUT2D eigenvalue weighted by atomic mass is 10.2. The average molecular weight is 357 g/mol. The van der Waals surface area contributed by atoms with E-state index in [9.17, 15) is 0 Å². The predicted molar refractivity (Wildman–Crippen MR) is 92.3 cm³/mol. The molecule has 3 rings (SSSR count). The number of piperazine rings is 1. The van der Waals surface area contributed by atoms with E-state index >= 15 is 0 Å². The van der Waals surface area contributed by atoms with Gasteiger partial charge in [-0.3, -0.25) is 4.90 Å². The van der Waals surface area contributed by atoms with Crippen LogP contribution >= 0.6 is 24.2 Å². The molecule has 1 aromatic heterocycles. The van der Waals surface area contributed by atoms with Crippen LogP contribution in [0.25, 0.3) is 0 Å². The highest BCUT2D eigenvalue weighted by Gasteiger charge is 2.25. The fraction of sp³-hybridized carbons (Fsp3) is 0.467. The second-order valence-corrected chi connectivity index (χ2v) is 6.26. The van der Waals surface area contributed by atoms with E-state index in [0.717, 1.165) is 36.1 Å². The van der Waals surface area contributed by atoms with Gasteiger partial charge in [0.15, 0.2) is 5.82 Å². The lowest BCUT2D eigenvalue weighted by Gasteiger charge is -2.30. The monoisotopic (exact) mass is 356 g/mol. The number of halogens is 1. The third-order valence-corrected chi connectivity index (χ3v) is 4.71. The first-order chi connectivity index (χ1) is 10.8. The third-order valence-electron chi connectivity index (χ3n) is 3.71. The molecule has 126 valence electrons. The number of hydrogen-bond donors (Lipinski definition) is 1. The summed E-state index contributed by atoms with van der Waals surface area (Å²) < 4.78 is 10.5. The minimum atomic E-state index is 0. The van der Waals surface area contributed by atoms with Crippen molar-refractivity contribution in [2.75, 3.05) is 33.8 Å². The molecule has 1 fully saturated rings. The van der Waals surface area contributed by atoms with Crippen molar-refractivity contribution in [3.63, 3.8) is 0 Å². The quantitative estimate of drug-likeness (QED) is 0.825. The molecule has 0 aliphatic carbocycles. The van der Waals surface area contributed by atoms with Crippen LogP contribution in [0.1, 0.15) is 17.8 Å². The summed E-state index contributed by atoms with van der Waals surface area (Å²) in [6.45, 7) is 2.86. The van der Waals surface area contributed by atoms with Gasteiger partial charge in [0.25, 0.3) is 0 Å². The van der Waals surface area contributed by atoms with Crippen LogP contribution in [0, 0.1) is 0 Å². The van der Waals surface area contributed by atoms with Crippen molar-refractivity contribution in [1.82, 2.24) is 20.4 Å². The van der Waals surface area contributed by atoms with Crippen LogP contribution in [0.4, 0.5) is 0 Å². The van der Waals surface area contributed by atoms with Crippen LogP contribution in [-0.2, 0) is 5.75 Å². The Morgan fingerprint density at radius 3 is 2.87 bits per heavy atom. The Kier molecular flexibility index (Phi) is 6.71. The normalized spacial score (nSPS) is 18.4. The molecule has 1 aromatic carbocycles. The number of likely N-dealkylation sites (N-methyl/N-ethyl adjacent to an activating group) is 1. The van der Waals surface area contributed by atoms with Crippen molar-refractivity contribution in [1.29, 1.82) is 0 Å². The molecule has 1 aliphatic rings. The molecule has 1 aliphatic heterocycles. The average Bonchev–Trinajstić information content (AvgIpc) is 3.02. The van der Waals surface area contributed by atoms with Gasteiger partial charge in [-0.05, 0) is 31.3 Å². The highest BCUT2D eigenvalue weighted by atomic mass is 35.5. The fourth-order valence-electron chi connectivity index (χ4n) is 2.37. The van der Waals surface area contributed by atoms with E-state index in [1.54, 1.807) is 18.9 Å². The predicted octanol–water partition coefficient (Wildman–Crippen LogP) is 2.37. The standard InChI is InChI=1S/C15H20N4O2S.ClH/c1-19-8-7-16-9-13(19)15-17-14(21-18-15)10-22-12-5-3-11(20-2)4-6-12;/h3-6,13,16H,7-10H2,1-2H3;1H. The van der Waals surface area contributed by atoms with E-state index < -0.39 is 0 Å². The van der Waals surface area contributed by atoms with Crippen molar-refractivity contribution in [2.24, 2.45) is 0 Å². The number of ether oxygens (including phenoxy) is 1. The number of aromatic nitrogens is 2. The Morgan fingerprint density at radius 2 is 2.17 bits per heavy atom. The minimum absolute atomic E-state index is 0. The van der Waals surface area contributed by atoms with Crippen LogP contribution in [0.15, 0.2) is 33.7 Å². The summed E-state index contributed by atoms with van der Waals surface area (Å²) in [6, 6.07) is 8.14. The Hall–Kier alpha value is -1.28. The van der Waals surface area contributed by atoms with Gasteiger partial charge in [-0.15, -0.1) is 24.2 Å². The number of nitrogens with one attached hydrogen (secondary N) is 1. The molecule has 0 saturated carbocycles. The number of thioether (sulfide) groups is 1. The number of benzene rings is 1. The number of hydrogen-bond acceptors (Lipinski definition) is 7. The van der Waals surface area contributed by atoms with E-state index in [4.69, 9.17) is 9.26 Å². The highest BCUT2D eigenvalue weighted by Crippen LogP contribution is 2.25. The van der Waals surface area contributed by atoms with Crippen molar-refractivity contribution in [2.45, 2.75) is 16.7 Å². The van der Waals surface area contributed by atoms with Crippen molar-refractivity contribution < 1.29 is 9.26 Å². The molecule has 1 N–H and O–H groups in total. The van der Waals surface area contributed by atoms with E-state index in [0.29, 0.717) is 11.6 Å². The number of methoxy groups -OCH3 is 1. The molecule has 2 heterocycles. The zero-order valence-corrected chi connectivity index (χ0v) is 14.8. The Morgan fingerprint density at radius 1 is 1.39 bits per heavy atom. The Labute approximate surface area is 146 Å². The van der Waals surface area contributed by atoms with Gasteiger partial charge in [0.2, 0.25) is 5.89 Å². The molecule has 1 unspecified atom stereocenters. The lowest BCUT2D eigenvalue weighted by molar-refractivity contribution is 0.190. The summed E-state index contributed by atoms with van der Waals surface area (Å²) in [5, 5.41) is 7.49. The zero-order chi connectivity index (χ0) is 15.4. The van der Waals surface area contributed by atoms with Crippen molar-refractivity contribution >= 4 is 24.2 Å². The molecule has 0 bridgehead atoms. The first kappa shape index (κ1) is 18.1. The van der Waals surface area contributed by atoms with Gasteiger partial charge in [-0.1, -0.05) is 5.16 Å². The number of nitrogens with zero attached hydrogens (tertiary/aromatic N) is 3. The summed E-state index contributed by atoms with van der Waals surface area (Å²) in [5.74, 6) is 2.95. The molecule has 0 amide bonds. The van der Waals surface area contributed by atoms with Crippen LogP contribution in [-0.4, -0.2) is 48.8 Å². The van der Waals surface area contributed by atoms with Crippen molar-refractivity contribution in [3.05, 3.63) is 36.0 Å². The molecule has 0 spiro atoms. The van der Waals surface area contributed by atoms with Gasteiger partial charge < -0.3 is 14.6 Å². The van der Waals surface area contributed by atoms with E-state index in [1.165, 1.54) is 0 Å². The molecular formula is C15H21ClN4O2S. The van der Waals surface area contributed by atoms with E-state index in [1.807, 2.05) is 24.3 Å². The van der Waals surface area contributed by atoms with Crippen LogP contribution in [0.5, 0.6) is 5.75 Å². The third kappa shape index (κ3) is 4.60. The largest absolute Gasteiger partial charge is 0.497 e. The maximum Gasteiger partial charge on any atom is 0.237 e. The first-order valence-corrected chi connectivity index (χ1v) is 8.25. The molecule has 8 heteroatoms. The SMILES string of the molecule is COc1ccc(SCc2nc(C3CNCCN3C)no2)cc1.Cl. The molecule has 23 heavy (non-hydrogen) atoms. The number of rotatable bonds is 5. The van der Waals surface area contributed by atoms with Gasteiger partial charge in [0, 0.05) is 24.5 Å². The van der Waals surface area contributed by atoms with Gasteiger partial charge in [-0.2, -0.15) is 4.98 Å². The zero-order valence-electron chi connectivity index (χ0n) is 13.2. The molecule has 2 aromatic rings. The molecule has 6 nitrogen and oxygen atoms in total. The summed E-state index contributed by atoms with van der Waals surface area (Å²) in [5.41, 5.74) is 0. The van der Waals surface area contributed by atoms with Crippen LogP contribution in [0.3, 0.4) is 0 Å². The summed E-state index contributed by atoms with van der Waals surface area (Å²) in [6.07, 6.45) is 0. The molecule has 1 atom stereocenters. The topological polar surface area (TPSA) is 63.4 Å².